The number of Topliss-reactive ketones (excluding diaryl/α,β-unsaturated/α-hetero) is 4. The molecule has 8 atom stereocenters. The van der Waals surface area contributed by atoms with Crippen molar-refractivity contribution in [3.05, 3.63) is 35.9 Å². The third-order valence-electron chi connectivity index (χ3n) is 10.1. The molecule has 1 saturated heterocycles. The topological polar surface area (TPSA) is 316 Å². The molecule has 1 fully saturated rings. The molecular formula is C44H76N8O10. The Bertz CT molecular complexity index is 1620. The number of nitrogens with zero attached hydrogens (tertiary/aromatic N) is 1. The number of rotatable bonds is 16. The molecule has 352 valence electrons. The minimum absolute atomic E-state index is 0. The average Bonchev–Trinajstić information content (AvgIpc) is 3.20. The van der Waals surface area contributed by atoms with Gasteiger partial charge in [0.1, 0.15) is 29.7 Å². The SMILES string of the molecule is C.CCC.CCCC(=O)N[C@H]1CCC[C@@H](C(=O)C[C@H](C(=O)CN)[C@@H](C)O)CC(=O)[C@H]([C@@H](C)O)CC(=O)CNC(=O)[C@H](Cc2ccccc2)NC(=O)[C@H](CCCN=C(N)N)NC1=O.[3HH]. The molecule has 2 rings (SSSR count). The Labute approximate surface area is 368 Å². The van der Waals surface area contributed by atoms with Gasteiger partial charge in [-0.1, -0.05) is 71.4 Å². The number of aliphatic hydroxyl groups is 2. The van der Waals surface area contributed by atoms with Crippen LogP contribution in [-0.2, 0) is 44.8 Å². The fourth-order valence-electron chi connectivity index (χ4n) is 6.75. The molecule has 1 aromatic carbocycles. The second-order valence-corrected chi connectivity index (χ2v) is 15.6. The number of carbonyl (C=O) groups is 8. The van der Waals surface area contributed by atoms with Gasteiger partial charge in [0.05, 0.1) is 37.1 Å². The second-order valence-electron chi connectivity index (χ2n) is 15.6. The molecule has 0 bridgehead atoms. The molecular weight excluding hydrogens is 801 g/mol. The molecule has 0 aromatic heterocycles. The number of amides is 4. The number of nitrogens with two attached hydrogens (primary N) is 3. The van der Waals surface area contributed by atoms with Gasteiger partial charge < -0.3 is 48.7 Å². The first-order valence-corrected chi connectivity index (χ1v) is 21.3. The summed E-state index contributed by atoms with van der Waals surface area (Å²) in [6.45, 7) is 7.84. The summed E-state index contributed by atoms with van der Waals surface area (Å²) in [7, 11) is 0. The number of aliphatic imine (C=N–C) groups is 1. The summed E-state index contributed by atoms with van der Waals surface area (Å²) in [4.78, 5) is 112. The fraction of sp³-hybridized carbons (Fsp3) is 0.659. The summed E-state index contributed by atoms with van der Waals surface area (Å²) in [5.74, 6) is -8.60. The zero-order valence-electron chi connectivity index (χ0n) is 36.5. The molecule has 0 saturated carbocycles. The number of carbonyl (C=O) groups excluding carboxylic acids is 8. The van der Waals surface area contributed by atoms with Crippen LogP contribution in [0.5, 0.6) is 0 Å². The molecule has 0 spiro atoms. The molecule has 18 nitrogen and oxygen atoms in total. The molecule has 1 heterocycles. The van der Waals surface area contributed by atoms with Gasteiger partial charge in [-0.3, -0.25) is 43.3 Å². The highest BCUT2D eigenvalue weighted by molar-refractivity contribution is 5.97. The van der Waals surface area contributed by atoms with Gasteiger partial charge in [-0.25, -0.2) is 0 Å². The molecule has 18 heteroatoms. The minimum atomic E-state index is -1.32. The number of aliphatic hydroxyl groups excluding tert-OH is 2. The highest BCUT2D eigenvalue weighted by Crippen LogP contribution is 2.25. The maximum Gasteiger partial charge on any atom is 0.243 e. The Balaban J connectivity index is 0. The van der Waals surface area contributed by atoms with E-state index in [-0.39, 0.29) is 66.3 Å². The summed E-state index contributed by atoms with van der Waals surface area (Å²) >= 11 is 0. The third-order valence-corrected chi connectivity index (χ3v) is 10.1. The lowest BCUT2D eigenvalue weighted by atomic mass is 9.80. The standard InChI is InChI=1S/C40H62N8O10.C3H8.CH4.H2/c1-4-10-36(55)46-30-14-8-13-26(33(52)20-29(24(3)50)35(54)21-41)18-34(53)28(23(2)49)19-27(51)22-45-37(56)32(17-25-11-6-5-7-12-25)48-39(58)31(47-38(30)57)15-9-16-44-40(42)43;1-3-2;;/h5-7,11-12,23-24,26,28-32,49-50H,4,8-10,13-22,41H2,1-3H3,(H,45,56)(H,46,55)(H,47,57)(H,48,58)(H4,42,43,44);3H2,1-2H3;1H4;1H/t23-,24-,26-,28+,29+,30+,31+,32+;;;/m1.../s1/i;;;1+2. The van der Waals surface area contributed by atoms with Crippen LogP contribution in [0.25, 0.3) is 0 Å². The van der Waals surface area contributed by atoms with Gasteiger partial charge in [0.25, 0.3) is 0 Å². The zero-order valence-corrected chi connectivity index (χ0v) is 36.5. The van der Waals surface area contributed by atoms with Gasteiger partial charge in [-0.15, -0.1) is 0 Å². The van der Waals surface area contributed by atoms with E-state index >= 15 is 0 Å². The number of benzene rings is 1. The average molecular weight is 879 g/mol. The Morgan fingerprint density at radius 2 is 1.55 bits per heavy atom. The van der Waals surface area contributed by atoms with Gasteiger partial charge >= 0.3 is 0 Å². The number of guanidine groups is 1. The number of hydrogen-bond acceptors (Lipinski definition) is 12. The molecule has 0 unspecified atom stereocenters. The van der Waals surface area contributed by atoms with Crippen molar-refractivity contribution < 1.29 is 50.0 Å². The number of ketones is 4. The summed E-state index contributed by atoms with van der Waals surface area (Å²) < 4.78 is 0. The normalized spacial score (nSPS) is 22.1. The molecule has 1 aliphatic rings. The van der Waals surface area contributed by atoms with Gasteiger partial charge in [-0.05, 0) is 51.5 Å². The van der Waals surface area contributed by atoms with Crippen LogP contribution in [0.1, 0.15) is 120 Å². The summed E-state index contributed by atoms with van der Waals surface area (Å²) in [6, 6.07) is 5.10. The van der Waals surface area contributed by atoms with Crippen molar-refractivity contribution in [3.63, 3.8) is 0 Å². The summed E-state index contributed by atoms with van der Waals surface area (Å²) in [5.41, 5.74) is 17.1. The summed E-state index contributed by atoms with van der Waals surface area (Å²) in [6.07, 6.45) is -1.79. The van der Waals surface area contributed by atoms with Crippen LogP contribution in [0.3, 0.4) is 0 Å². The van der Waals surface area contributed by atoms with E-state index in [0.29, 0.717) is 12.0 Å². The predicted octanol–water partition coefficient (Wildman–Crippen LogP) is 1.15. The van der Waals surface area contributed by atoms with Crippen LogP contribution in [0.4, 0.5) is 0 Å². The van der Waals surface area contributed by atoms with Crippen LogP contribution in [0.15, 0.2) is 35.3 Å². The van der Waals surface area contributed by atoms with E-state index in [1.54, 1.807) is 37.3 Å². The van der Waals surface area contributed by atoms with Gasteiger partial charge in [-0.2, -0.15) is 0 Å². The monoisotopic (exact) mass is 879 g/mol. The molecule has 1 aliphatic heterocycles. The molecule has 4 amide bonds. The molecule has 12 N–H and O–H groups in total. The Morgan fingerprint density at radius 1 is 0.919 bits per heavy atom. The first-order chi connectivity index (χ1) is 28.9. The van der Waals surface area contributed by atoms with Gasteiger partial charge in [0.15, 0.2) is 17.5 Å². The van der Waals surface area contributed by atoms with Crippen LogP contribution >= 0.6 is 0 Å². The van der Waals surface area contributed by atoms with Crippen LogP contribution in [-0.4, -0.2) is 113 Å². The largest absolute Gasteiger partial charge is 0.393 e. The Kier molecular flexibility index (Phi) is 28.4. The first-order valence-electron chi connectivity index (χ1n) is 21.3. The van der Waals surface area contributed by atoms with Crippen molar-refractivity contribution in [2.24, 2.45) is 39.9 Å². The van der Waals surface area contributed by atoms with E-state index in [4.69, 9.17) is 17.2 Å². The lowest BCUT2D eigenvalue weighted by Gasteiger charge is -2.26. The van der Waals surface area contributed by atoms with E-state index in [9.17, 15) is 48.6 Å². The molecule has 1 aromatic rings. The van der Waals surface area contributed by atoms with Crippen molar-refractivity contribution in [1.29, 1.82) is 0 Å². The second kappa shape index (κ2) is 30.9. The molecule has 0 radical (unpaired) electrons. The fourth-order valence-corrected chi connectivity index (χ4v) is 6.75. The van der Waals surface area contributed by atoms with Crippen molar-refractivity contribution in [2.75, 3.05) is 19.6 Å². The zero-order chi connectivity index (χ0) is 46.1. The highest BCUT2D eigenvalue weighted by atomic mass is 16.3. The van der Waals surface area contributed by atoms with Crippen LogP contribution < -0.4 is 38.5 Å². The summed E-state index contributed by atoms with van der Waals surface area (Å²) in [5, 5.41) is 31.5. The third kappa shape index (κ3) is 21.6. The van der Waals surface area contributed by atoms with E-state index < -0.39 is 127 Å². The van der Waals surface area contributed by atoms with Crippen molar-refractivity contribution in [3.8, 4) is 0 Å². The van der Waals surface area contributed by atoms with Crippen LogP contribution in [0, 0.1) is 17.8 Å². The Morgan fingerprint density at radius 3 is 2.11 bits per heavy atom. The maximum atomic E-state index is 14.0. The van der Waals surface area contributed by atoms with E-state index in [1.165, 1.54) is 20.3 Å². The van der Waals surface area contributed by atoms with E-state index in [0.717, 1.165) is 0 Å². The van der Waals surface area contributed by atoms with Gasteiger partial charge in [0, 0.05) is 46.0 Å². The maximum absolute atomic E-state index is 14.0. The predicted molar refractivity (Wildman–Crippen MR) is 239 cm³/mol. The minimum Gasteiger partial charge on any atom is -0.393 e. The first kappa shape index (κ1) is 56.9. The van der Waals surface area contributed by atoms with Crippen molar-refractivity contribution >= 4 is 52.7 Å². The lowest BCUT2D eigenvalue weighted by molar-refractivity contribution is -0.136. The number of hydrogen-bond donors (Lipinski definition) is 9. The number of nitrogens with one attached hydrogen (secondary N) is 4. The van der Waals surface area contributed by atoms with E-state index in [1.807, 2.05) is 0 Å². The van der Waals surface area contributed by atoms with E-state index in [2.05, 4.69) is 40.1 Å². The quantitative estimate of drug-likeness (QED) is 0.0641. The van der Waals surface area contributed by atoms with Crippen LogP contribution in [0.2, 0.25) is 0 Å². The van der Waals surface area contributed by atoms with Gasteiger partial charge in [0.2, 0.25) is 23.6 Å². The van der Waals surface area contributed by atoms with Crippen molar-refractivity contribution in [1.82, 2.24) is 21.3 Å². The highest BCUT2D eigenvalue weighted by Gasteiger charge is 2.35. The molecule has 0 aliphatic carbocycles. The molecule has 62 heavy (non-hydrogen) atoms. The Hall–Kier alpha value is -5.07. The lowest BCUT2D eigenvalue weighted by Crippen LogP contribution is -2.57. The smallest absolute Gasteiger partial charge is 0.243 e. The van der Waals surface area contributed by atoms with Crippen molar-refractivity contribution in [2.45, 2.75) is 149 Å².